The molecule has 0 aromatic carbocycles. The van der Waals surface area contributed by atoms with Crippen molar-refractivity contribution in [2.45, 2.75) is 38.4 Å². The van der Waals surface area contributed by atoms with E-state index in [1.165, 1.54) is 0 Å². The zero-order chi connectivity index (χ0) is 13.4. The average Bonchev–Trinajstić information content (AvgIpc) is 2.56. The molecule has 0 radical (unpaired) electrons. The zero-order valence-electron chi connectivity index (χ0n) is 10.0. The Kier molecular flexibility index (Phi) is 3.44. The van der Waals surface area contributed by atoms with Gasteiger partial charge in [-0.15, -0.1) is 0 Å². The Labute approximate surface area is 103 Å². The van der Waals surface area contributed by atoms with Gasteiger partial charge in [0.15, 0.2) is 6.23 Å². The molecule has 3 N–H and O–H groups in total. The molecule has 0 saturated carbocycles. The molecule has 0 amide bonds. The Morgan fingerprint density at radius 1 is 1.28 bits per heavy atom. The van der Waals surface area contributed by atoms with Crippen molar-refractivity contribution in [3.05, 3.63) is 22.1 Å². The fourth-order valence-corrected chi connectivity index (χ4v) is 2.03. The summed E-state index contributed by atoms with van der Waals surface area (Å²) < 4.78 is 6.32. The lowest BCUT2D eigenvalue weighted by atomic mass is 10.1. The highest BCUT2D eigenvalue weighted by Gasteiger charge is 2.44. The van der Waals surface area contributed by atoms with Gasteiger partial charge in [0.1, 0.15) is 30.0 Å². The summed E-state index contributed by atoms with van der Waals surface area (Å²) in [6.45, 7) is 2.70. The molecule has 0 bridgehead atoms. The second-order valence-electron chi connectivity index (χ2n) is 4.20. The van der Waals surface area contributed by atoms with Crippen LogP contribution in [-0.2, 0) is 4.74 Å². The fourth-order valence-electron chi connectivity index (χ4n) is 2.03. The van der Waals surface area contributed by atoms with Crippen LogP contribution in [0.5, 0.6) is 0 Å². The molecule has 8 heteroatoms. The molecule has 2 rings (SSSR count). The van der Waals surface area contributed by atoms with Gasteiger partial charge in [0.2, 0.25) is 0 Å². The van der Waals surface area contributed by atoms with Crippen LogP contribution in [0.2, 0.25) is 0 Å². The minimum Gasteiger partial charge on any atom is -0.394 e. The topological polar surface area (TPSA) is 118 Å². The molecule has 100 valence electrons. The summed E-state index contributed by atoms with van der Waals surface area (Å²) in [6, 6.07) is 0. The van der Waals surface area contributed by atoms with E-state index in [0.717, 1.165) is 4.57 Å². The lowest BCUT2D eigenvalue weighted by molar-refractivity contribution is -0.0565. The van der Waals surface area contributed by atoms with Crippen LogP contribution in [0.4, 0.5) is 0 Å². The maximum absolute atomic E-state index is 11.8. The van der Waals surface area contributed by atoms with Gasteiger partial charge in [-0.2, -0.15) is 4.98 Å². The van der Waals surface area contributed by atoms with Gasteiger partial charge in [0.05, 0.1) is 6.61 Å². The summed E-state index contributed by atoms with van der Waals surface area (Å²) in [7, 11) is 0. The molecule has 1 saturated heterocycles. The van der Waals surface area contributed by atoms with Crippen LogP contribution >= 0.6 is 0 Å². The molecule has 1 aliphatic heterocycles. The van der Waals surface area contributed by atoms with Gasteiger partial charge in [0.25, 0.3) is 0 Å². The highest BCUT2D eigenvalue weighted by atomic mass is 16.6. The van der Waals surface area contributed by atoms with Crippen molar-refractivity contribution in [1.82, 2.24) is 14.5 Å². The molecule has 18 heavy (non-hydrogen) atoms. The standard InChI is InChI=1S/C10H15N3O5/c1-4-11-5(2)13(10(17)12-4)9-8(16)7(15)6(3-14)18-9/h6-9,14-16H,3H2,1-2H3/t6-,7?,8+,9-/m1/s1. The van der Waals surface area contributed by atoms with Gasteiger partial charge < -0.3 is 20.1 Å². The van der Waals surface area contributed by atoms with Gasteiger partial charge in [-0.1, -0.05) is 0 Å². The molecule has 2 heterocycles. The Morgan fingerprint density at radius 2 is 1.94 bits per heavy atom. The summed E-state index contributed by atoms with van der Waals surface area (Å²) in [5.41, 5.74) is -0.616. The number of aryl methyl sites for hydroxylation is 2. The van der Waals surface area contributed by atoms with E-state index in [9.17, 15) is 15.0 Å². The molecule has 4 atom stereocenters. The summed E-state index contributed by atoms with van der Waals surface area (Å²) in [5, 5.41) is 28.5. The van der Waals surface area contributed by atoms with Crippen molar-refractivity contribution in [2.75, 3.05) is 6.61 Å². The van der Waals surface area contributed by atoms with E-state index in [1.54, 1.807) is 13.8 Å². The normalized spacial score (nSPS) is 31.8. The minimum atomic E-state index is -1.31. The van der Waals surface area contributed by atoms with Crippen molar-refractivity contribution in [3.63, 3.8) is 0 Å². The molecule has 1 fully saturated rings. The highest BCUT2D eigenvalue weighted by molar-refractivity contribution is 4.96. The van der Waals surface area contributed by atoms with E-state index in [4.69, 9.17) is 9.84 Å². The smallest absolute Gasteiger partial charge is 0.352 e. The van der Waals surface area contributed by atoms with E-state index in [2.05, 4.69) is 9.97 Å². The second kappa shape index (κ2) is 4.73. The Bertz CT molecular complexity index is 503. The molecule has 1 aliphatic rings. The van der Waals surface area contributed by atoms with E-state index in [-0.39, 0.29) is 0 Å². The second-order valence-corrected chi connectivity index (χ2v) is 4.20. The third-order valence-electron chi connectivity index (χ3n) is 2.91. The van der Waals surface area contributed by atoms with Crippen molar-refractivity contribution in [1.29, 1.82) is 0 Å². The predicted octanol–water partition coefficient (Wildman–Crippen LogP) is -2.13. The molecule has 0 aliphatic carbocycles. The van der Waals surface area contributed by atoms with E-state index in [1.807, 2.05) is 0 Å². The van der Waals surface area contributed by atoms with Crippen LogP contribution in [0.15, 0.2) is 4.79 Å². The summed E-state index contributed by atoms with van der Waals surface area (Å²) in [4.78, 5) is 19.4. The lowest BCUT2D eigenvalue weighted by Crippen LogP contribution is -2.37. The molecular weight excluding hydrogens is 242 g/mol. The number of aliphatic hydroxyl groups is 3. The molecule has 1 aromatic rings. The maximum Gasteiger partial charge on any atom is 0.352 e. The number of hydrogen-bond acceptors (Lipinski definition) is 7. The number of aromatic nitrogens is 3. The van der Waals surface area contributed by atoms with Crippen LogP contribution in [0, 0.1) is 13.8 Å². The first-order chi connectivity index (χ1) is 8.45. The van der Waals surface area contributed by atoms with Gasteiger partial charge in [0, 0.05) is 0 Å². The van der Waals surface area contributed by atoms with Crippen molar-refractivity contribution in [2.24, 2.45) is 0 Å². The largest absolute Gasteiger partial charge is 0.394 e. The van der Waals surface area contributed by atoms with Crippen molar-refractivity contribution < 1.29 is 20.1 Å². The first kappa shape index (κ1) is 13.1. The number of hydrogen-bond donors (Lipinski definition) is 3. The monoisotopic (exact) mass is 257 g/mol. The van der Waals surface area contributed by atoms with E-state index < -0.39 is 36.8 Å². The minimum absolute atomic E-state index is 0.320. The number of aliphatic hydroxyl groups excluding tert-OH is 3. The lowest BCUT2D eigenvalue weighted by Gasteiger charge is -2.18. The predicted molar refractivity (Wildman–Crippen MR) is 58.8 cm³/mol. The van der Waals surface area contributed by atoms with Gasteiger partial charge in [-0.05, 0) is 13.8 Å². The summed E-state index contributed by atoms with van der Waals surface area (Å²) in [6.07, 6.45) is -4.60. The third kappa shape index (κ3) is 2.03. The number of rotatable bonds is 2. The van der Waals surface area contributed by atoms with Crippen LogP contribution in [0.3, 0.4) is 0 Å². The average molecular weight is 257 g/mol. The van der Waals surface area contributed by atoms with Gasteiger partial charge in [-0.3, -0.25) is 4.57 Å². The molecule has 1 aromatic heterocycles. The molecule has 8 nitrogen and oxygen atoms in total. The van der Waals surface area contributed by atoms with Crippen LogP contribution < -0.4 is 5.69 Å². The third-order valence-corrected chi connectivity index (χ3v) is 2.91. The SMILES string of the molecule is Cc1nc(C)n([C@@H]2O[C@H](CO)C(O)[C@@H]2O)c(=O)n1. The van der Waals surface area contributed by atoms with Crippen molar-refractivity contribution in [3.8, 4) is 0 Å². The maximum atomic E-state index is 11.8. The Hall–Kier alpha value is -1.35. The summed E-state index contributed by atoms with van der Waals surface area (Å²) >= 11 is 0. The van der Waals surface area contributed by atoms with E-state index in [0.29, 0.717) is 11.6 Å². The van der Waals surface area contributed by atoms with Gasteiger partial charge in [-0.25, -0.2) is 9.78 Å². The molecule has 1 unspecified atom stereocenters. The van der Waals surface area contributed by atoms with E-state index >= 15 is 0 Å². The Balaban J connectivity index is 2.42. The highest BCUT2D eigenvalue weighted by Crippen LogP contribution is 2.28. The fraction of sp³-hybridized carbons (Fsp3) is 0.700. The first-order valence-electron chi connectivity index (χ1n) is 5.52. The van der Waals surface area contributed by atoms with Crippen LogP contribution in [-0.4, -0.2) is 54.8 Å². The quantitative estimate of drug-likeness (QED) is 0.553. The zero-order valence-corrected chi connectivity index (χ0v) is 10.0. The van der Waals surface area contributed by atoms with Crippen LogP contribution in [0.25, 0.3) is 0 Å². The van der Waals surface area contributed by atoms with Gasteiger partial charge >= 0.3 is 5.69 Å². The molecule has 0 spiro atoms. The first-order valence-corrected chi connectivity index (χ1v) is 5.52. The number of nitrogens with zero attached hydrogens (tertiary/aromatic N) is 3. The van der Waals surface area contributed by atoms with Crippen molar-refractivity contribution >= 4 is 0 Å². The number of ether oxygens (including phenoxy) is 1. The summed E-state index contributed by atoms with van der Waals surface area (Å²) in [5.74, 6) is 0.642. The Morgan fingerprint density at radius 3 is 2.44 bits per heavy atom. The van der Waals surface area contributed by atoms with Crippen LogP contribution in [0.1, 0.15) is 17.9 Å². The molecular formula is C10H15N3O5.